The molecule has 1 aromatic heterocycles. The summed E-state index contributed by atoms with van der Waals surface area (Å²) in [6, 6.07) is 0. The van der Waals surface area contributed by atoms with E-state index < -0.39 is 0 Å². The quantitative estimate of drug-likeness (QED) is 0.715. The van der Waals surface area contributed by atoms with Gasteiger partial charge in [0.25, 0.3) is 0 Å². The van der Waals surface area contributed by atoms with Gasteiger partial charge in [-0.05, 0) is 15.9 Å². The van der Waals surface area contributed by atoms with E-state index in [1.165, 1.54) is 0 Å². The lowest BCUT2D eigenvalue weighted by molar-refractivity contribution is 0.174. The van der Waals surface area contributed by atoms with Crippen LogP contribution in [0.4, 0.5) is 0 Å². The van der Waals surface area contributed by atoms with Gasteiger partial charge < -0.3 is 4.74 Å². The van der Waals surface area contributed by atoms with Crippen molar-refractivity contribution in [3.8, 4) is 0 Å². The Kier molecular flexibility index (Phi) is 2.39. The molecule has 5 heteroatoms. The number of ether oxygens (including phenoxy) is 1. The summed E-state index contributed by atoms with van der Waals surface area (Å²) < 4.78 is 7.15. The minimum absolute atomic E-state index is 0.495. The minimum Gasteiger partial charge on any atom is -0.377 e. The Balaban J connectivity index is 2.81. The highest BCUT2D eigenvalue weighted by molar-refractivity contribution is 9.10. The average Bonchev–Trinajstić information content (AvgIpc) is 2.13. The van der Waals surface area contributed by atoms with Crippen molar-refractivity contribution in [1.29, 1.82) is 0 Å². The van der Waals surface area contributed by atoms with Crippen molar-refractivity contribution in [3.05, 3.63) is 10.6 Å². The van der Waals surface area contributed by atoms with E-state index in [2.05, 4.69) is 26.0 Å². The Hall–Kier alpha value is -0.420. The van der Waals surface area contributed by atoms with Gasteiger partial charge in [0.2, 0.25) is 4.73 Å². The molecule has 0 aliphatic rings. The maximum absolute atomic E-state index is 4.88. The van der Waals surface area contributed by atoms with Gasteiger partial charge in [-0.1, -0.05) is 0 Å². The van der Waals surface area contributed by atoms with E-state index >= 15 is 0 Å². The van der Waals surface area contributed by atoms with Gasteiger partial charge in [-0.3, -0.25) is 0 Å². The Morgan fingerprint density at radius 3 is 2.80 bits per heavy atom. The monoisotopic (exact) mass is 205 g/mol. The minimum atomic E-state index is 0.495. The summed E-state index contributed by atoms with van der Waals surface area (Å²) >= 11 is 3.15. The van der Waals surface area contributed by atoms with Crippen LogP contribution in [-0.4, -0.2) is 21.9 Å². The summed E-state index contributed by atoms with van der Waals surface area (Å²) in [5, 5.41) is 3.97. The van der Waals surface area contributed by atoms with Crippen LogP contribution in [-0.2, 0) is 18.4 Å². The molecule has 56 valence electrons. The lowest BCUT2D eigenvalue weighted by atomic mass is 10.6. The number of aromatic nitrogens is 3. The third kappa shape index (κ3) is 1.54. The van der Waals surface area contributed by atoms with Crippen LogP contribution in [0.2, 0.25) is 0 Å². The number of hydrogen-bond acceptors (Lipinski definition) is 3. The molecule has 0 N–H and O–H groups in total. The van der Waals surface area contributed by atoms with Crippen molar-refractivity contribution in [2.45, 2.75) is 6.61 Å². The van der Waals surface area contributed by atoms with Crippen molar-refractivity contribution < 1.29 is 4.74 Å². The standard InChI is InChI=1S/C5H8BrN3O/c1-9-4(3-10-2)7-5(6)8-9/h3H2,1-2H3. The van der Waals surface area contributed by atoms with Gasteiger partial charge >= 0.3 is 0 Å². The second kappa shape index (κ2) is 3.12. The Morgan fingerprint density at radius 1 is 1.70 bits per heavy atom. The van der Waals surface area contributed by atoms with Gasteiger partial charge in [0.05, 0.1) is 0 Å². The molecule has 0 amide bonds. The van der Waals surface area contributed by atoms with Gasteiger partial charge in [0, 0.05) is 14.2 Å². The Labute approximate surface area is 67.3 Å². The summed E-state index contributed by atoms with van der Waals surface area (Å²) in [5.41, 5.74) is 0. The molecule has 0 bridgehead atoms. The van der Waals surface area contributed by atoms with Crippen LogP contribution < -0.4 is 0 Å². The number of rotatable bonds is 2. The van der Waals surface area contributed by atoms with E-state index in [9.17, 15) is 0 Å². The lowest BCUT2D eigenvalue weighted by Gasteiger charge is -1.94. The van der Waals surface area contributed by atoms with Crippen molar-refractivity contribution in [2.75, 3.05) is 7.11 Å². The molecule has 1 aromatic rings. The second-order valence-electron chi connectivity index (χ2n) is 1.85. The Bertz CT molecular complexity index is 223. The molecule has 10 heavy (non-hydrogen) atoms. The largest absolute Gasteiger partial charge is 0.377 e. The number of nitrogens with zero attached hydrogens (tertiary/aromatic N) is 3. The molecule has 0 fully saturated rings. The zero-order chi connectivity index (χ0) is 7.56. The highest BCUT2D eigenvalue weighted by atomic mass is 79.9. The molecule has 1 rings (SSSR count). The second-order valence-corrected chi connectivity index (χ2v) is 2.56. The fourth-order valence-corrected chi connectivity index (χ4v) is 1.08. The first kappa shape index (κ1) is 7.68. The van der Waals surface area contributed by atoms with E-state index in [0.717, 1.165) is 5.82 Å². The van der Waals surface area contributed by atoms with Crippen LogP contribution in [0.5, 0.6) is 0 Å². The van der Waals surface area contributed by atoms with Crippen LogP contribution in [0.15, 0.2) is 4.73 Å². The smallest absolute Gasteiger partial charge is 0.217 e. The van der Waals surface area contributed by atoms with Gasteiger partial charge in [0.1, 0.15) is 6.61 Å². The molecule has 0 atom stereocenters. The van der Waals surface area contributed by atoms with Gasteiger partial charge in [0.15, 0.2) is 5.82 Å². The van der Waals surface area contributed by atoms with Crippen LogP contribution in [0.1, 0.15) is 5.82 Å². The van der Waals surface area contributed by atoms with Gasteiger partial charge in [-0.15, -0.1) is 5.10 Å². The normalized spacial score (nSPS) is 10.3. The number of methoxy groups -OCH3 is 1. The van der Waals surface area contributed by atoms with E-state index in [-0.39, 0.29) is 0 Å². The summed E-state index contributed by atoms with van der Waals surface area (Å²) in [5.74, 6) is 0.814. The number of halogens is 1. The summed E-state index contributed by atoms with van der Waals surface area (Å²) in [6.45, 7) is 0.495. The predicted octanol–water partition coefficient (Wildman–Crippen LogP) is 0.724. The van der Waals surface area contributed by atoms with Crippen LogP contribution in [0.25, 0.3) is 0 Å². The molecule has 0 radical (unpaired) electrons. The van der Waals surface area contributed by atoms with Crippen LogP contribution in [0.3, 0.4) is 0 Å². The maximum atomic E-state index is 4.88. The molecule has 0 saturated heterocycles. The molecule has 0 aliphatic heterocycles. The molecular formula is C5H8BrN3O. The third-order valence-corrected chi connectivity index (χ3v) is 1.44. The number of hydrogen-bond donors (Lipinski definition) is 0. The molecule has 0 saturated carbocycles. The summed E-state index contributed by atoms with van der Waals surface area (Å²) in [4.78, 5) is 4.04. The average molecular weight is 206 g/mol. The predicted molar refractivity (Wildman–Crippen MR) is 39.4 cm³/mol. The van der Waals surface area contributed by atoms with Crippen LogP contribution >= 0.6 is 15.9 Å². The first-order chi connectivity index (χ1) is 4.74. The van der Waals surface area contributed by atoms with Crippen LogP contribution in [0, 0.1) is 0 Å². The van der Waals surface area contributed by atoms with Crippen molar-refractivity contribution >= 4 is 15.9 Å². The first-order valence-corrected chi connectivity index (χ1v) is 3.57. The van der Waals surface area contributed by atoms with E-state index in [1.807, 2.05) is 7.05 Å². The molecule has 0 unspecified atom stereocenters. The van der Waals surface area contributed by atoms with E-state index in [1.54, 1.807) is 11.8 Å². The fourth-order valence-electron chi connectivity index (χ4n) is 0.638. The van der Waals surface area contributed by atoms with Crippen molar-refractivity contribution in [3.63, 3.8) is 0 Å². The van der Waals surface area contributed by atoms with E-state index in [4.69, 9.17) is 4.74 Å². The third-order valence-electron chi connectivity index (χ3n) is 1.10. The lowest BCUT2D eigenvalue weighted by Crippen LogP contribution is -2.00. The maximum Gasteiger partial charge on any atom is 0.217 e. The Morgan fingerprint density at radius 2 is 2.40 bits per heavy atom. The van der Waals surface area contributed by atoms with Gasteiger partial charge in [-0.2, -0.15) is 0 Å². The zero-order valence-electron chi connectivity index (χ0n) is 5.83. The molecular weight excluding hydrogens is 198 g/mol. The highest BCUT2D eigenvalue weighted by Gasteiger charge is 2.02. The topological polar surface area (TPSA) is 39.9 Å². The van der Waals surface area contributed by atoms with Crippen molar-refractivity contribution in [1.82, 2.24) is 14.8 Å². The molecule has 0 aliphatic carbocycles. The zero-order valence-corrected chi connectivity index (χ0v) is 7.42. The summed E-state index contributed by atoms with van der Waals surface area (Å²) in [6.07, 6.45) is 0. The number of aryl methyl sites for hydroxylation is 1. The van der Waals surface area contributed by atoms with Crippen molar-refractivity contribution in [2.24, 2.45) is 7.05 Å². The molecule has 0 aromatic carbocycles. The molecule has 1 heterocycles. The molecule has 4 nitrogen and oxygen atoms in total. The highest BCUT2D eigenvalue weighted by Crippen LogP contribution is 2.03. The SMILES string of the molecule is COCc1nc(Br)nn1C. The van der Waals surface area contributed by atoms with E-state index in [0.29, 0.717) is 11.3 Å². The summed E-state index contributed by atoms with van der Waals surface area (Å²) in [7, 11) is 3.45. The fraction of sp³-hybridized carbons (Fsp3) is 0.600. The molecule has 0 spiro atoms. The van der Waals surface area contributed by atoms with Gasteiger partial charge in [-0.25, -0.2) is 9.67 Å². The first-order valence-electron chi connectivity index (χ1n) is 2.78.